The van der Waals surface area contributed by atoms with Crippen LogP contribution in [0.5, 0.6) is 5.75 Å². The molecule has 5 nitrogen and oxygen atoms in total. The van der Waals surface area contributed by atoms with Gasteiger partial charge in [0.05, 0.1) is 12.2 Å². The van der Waals surface area contributed by atoms with Gasteiger partial charge in [-0.05, 0) is 30.4 Å². The van der Waals surface area contributed by atoms with Gasteiger partial charge in [-0.15, -0.1) is 0 Å². The largest absolute Gasteiger partial charge is 0.462 e. The van der Waals surface area contributed by atoms with Crippen LogP contribution >= 0.6 is 0 Å². The second-order valence-electron chi connectivity index (χ2n) is 4.73. The maximum Gasteiger partial charge on any atom is 0.338 e. The molecule has 0 saturated heterocycles. The molecule has 0 spiro atoms. The number of benzene rings is 2. The van der Waals surface area contributed by atoms with Crippen molar-refractivity contribution in [3.63, 3.8) is 0 Å². The highest BCUT2D eigenvalue weighted by atomic mass is 16.5. The SMILES string of the molecule is CCOC(=O)c1cc(OC(C)=O)c2ccccc2c1CCO. The summed E-state index contributed by atoms with van der Waals surface area (Å²) in [7, 11) is 0. The van der Waals surface area contributed by atoms with Gasteiger partial charge in [-0.3, -0.25) is 4.79 Å². The van der Waals surface area contributed by atoms with Crippen LogP contribution in [0.2, 0.25) is 0 Å². The predicted octanol–water partition coefficient (Wildman–Crippen LogP) is 2.48. The zero-order valence-corrected chi connectivity index (χ0v) is 12.6. The molecule has 2 aromatic rings. The second-order valence-corrected chi connectivity index (χ2v) is 4.73. The van der Waals surface area contributed by atoms with Crippen LogP contribution in [0.3, 0.4) is 0 Å². The molecule has 0 aliphatic rings. The highest BCUT2D eigenvalue weighted by Gasteiger charge is 2.19. The van der Waals surface area contributed by atoms with E-state index in [1.165, 1.54) is 13.0 Å². The molecule has 22 heavy (non-hydrogen) atoms. The van der Waals surface area contributed by atoms with Gasteiger partial charge in [-0.2, -0.15) is 0 Å². The average Bonchev–Trinajstić information content (AvgIpc) is 2.49. The quantitative estimate of drug-likeness (QED) is 0.678. The maximum atomic E-state index is 12.2. The Bertz CT molecular complexity index is 706. The Balaban J connectivity index is 2.72. The minimum Gasteiger partial charge on any atom is -0.462 e. The highest BCUT2D eigenvalue weighted by Crippen LogP contribution is 2.32. The molecule has 0 unspecified atom stereocenters. The summed E-state index contributed by atoms with van der Waals surface area (Å²) in [6, 6.07) is 8.80. The van der Waals surface area contributed by atoms with Gasteiger partial charge in [0.1, 0.15) is 5.75 Å². The van der Waals surface area contributed by atoms with Crippen molar-refractivity contribution >= 4 is 22.7 Å². The summed E-state index contributed by atoms with van der Waals surface area (Å²) >= 11 is 0. The molecular weight excluding hydrogens is 284 g/mol. The van der Waals surface area contributed by atoms with Crippen LogP contribution in [-0.4, -0.2) is 30.3 Å². The second kappa shape index (κ2) is 7.04. The number of carbonyl (C=O) groups is 2. The van der Waals surface area contributed by atoms with Crippen LogP contribution < -0.4 is 4.74 Å². The fourth-order valence-electron chi connectivity index (χ4n) is 2.41. The van der Waals surface area contributed by atoms with Gasteiger partial charge in [0, 0.05) is 18.9 Å². The molecule has 0 bridgehead atoms. The Kier molecular flexibility index (Phi) is 5.12. The third kappa shape index (κ3) is 3.26. The Hall–Kier alpha value is -2.40. The lowest BCUT2D eigenvalue weighted by Gasteiger charge is -2.15. The van der Waals surface area contributed by atoms with Gasteiger partial charge < -0.3 is 14.6 Å². The van der Waals surface area contributed by atoms with Gasteiger partial charge in [0.25, 0.3) is 0 Å². The topological polar surface area (TPSA) is 72.8 Å². The summed E-state index contributed by atoms with van der Waals surface area (Å²) in [5, 5.41) is 10.8. The number of hydrogen-bond acceptors (Lipinski definition) is 5. The first-order valence-corrected chi connectivity index (χ1v) is 7.09. The Morgan fingerprint density at radius 2 is 1.86 bits per heavy atom. The monoisotopic (exact) mass is 302 g/mol. The summed E-state index contributed by atoms with van der Waals surface area (Å²) in [5.41, 5.74) is 0.998. The third-order valence-electron chi connectivity index (χ3n) is 3.23. The smallest absolute Gasteiger partial charge is 0.338 e. The number of hydrogen-bond donors (Lipinski definition) is 1. The molecule has 0 saturated carbocycles. The molecule has 2 aromatic carbocycles. The summed E-state index contributed by atoms with van der Waals surface area (Å²) in [5.74, 6) is -0.646. The van der Waals surface area contributed by atoms with Crippen LogP contribution in [-0.2, 0) is 16.0 Å². The molecule has 1 N–H and O–H groups in total. The molecule has 0 heterocycles. The standard InChI is InChI=1S/C17H18O5/c1-3-21-17(20)15-10-16(22-11(2)19)14-7-5-4-6-12(14)13(15)8-9-18/h4-7,10,18H,3,8-9H2,1-2H3. The number of ether oxygens (including phenoxy) is 2. The molecule has 0 fully saturated rings. The molecular formula is C17H18O5. The lowest BCUT2D eigenvalue weighted by atomic mass is 9.96. The van der Waals surface area contributed by atoms with E-state index in [9.17, 15) is 14.7 Å². The maximum absolute atomic E-state index is 12.2. The number of carbonyl (C=O) groups excluding carboxylic acids is 2. The average molecular weight is 302 g/mol. The first-order chi connectivity index (χ1) is 10.6. The first kappa shape index (κ1) is 16.0. The van der Waals surface area contributed by atoms with E-state index in [0.717, 1.165) is 5.39 Å². The minimum absolute atomic E-state index is 0.0939. The Labute approximate surface area is 128 Å². The fraction of sp³-hybridized carbons (Fsp3) is 0.294. The zero-order valence-electron chi connectivity index (χ0n) is 12.6. The van der Waals surface area contributed by atoms with Crippen molar-refractivity contribution in [3.8, 4) is 5.75 Å². The molecule has 116 valence electrons. The number of fused-ring (bicyclic) bond motifs is 1. The van der Waals surface area contributed by atoms with E-state index in [1.54, 1.807) is 6.92 Å². The number of rotatable bonds is 5. The summed E-state index contributed by atoms with van der Waals surface area (Å²) in [4.78, 5) is 23.5. The first-order valence-electron chi connectivity index (χ1n) is 7.09. The summed E-state index contributed by atoms with van der Waals surface area (Å²) in [6.07, 6.45) is 0.314. The van der Waals surface area contributed by atoms with Gasteiger partial charge in [0.15, 0.2) is 0 Å². The van der Waals surface area contributed by atoms with Crippen molar-refractivity contribution in [1.29, 1.82) is 0 Å². The van der Waals surface area contributed by atoms with Gasteiger partial charge in [-0.25, -0.2) is 4.79 Å². The molecule has 0 aliphatic heterocycles. The van der Waals surface area contributed by atoms with Crippen molar-refractivity contribution in [1.82, 2.24) is 0 Å². The van der Waals surface area contributed by atoms with Crippen LogP contribution in [0.4, 0.5) is 0 Å². The normalized spacial score (nSPS) is 10.5. The number of esters is 2. The van der Waals surface area contributed by atoms with Gasteiger partial charge >= 0.3 is 11.9 Å². The van der Waals surface area contributed by atoms with Crippen molar-refractivity contribution in [2.24, 2.45) is 0 Å². The van der Waals surface area contributed by atoms with Gasteiger partial charge in [-0.1, -0.05) is 24.3 Å². The van der Waals surface area contributed by atoms with Crippen molar-refractivity contribution in [2.45, 2.75) is 20.3 Å². The lowest BCUT2D eigenvalue weighted by molar-refractivity contribution is -0.131. The van der Waals surface area contributed by atoms with E-state index in [2.05, 4.69) is 0 Å². The molecule has 2 rings (SSSR count). The van der Waals surface area contributed by atoms with Crippen LogP contribution in [0.15, 0.2) is 30.3 Å². The van der Waals surface area contributed by atoms with E-state index in [1.807, 2.05) is 24.3 Å². The van der Waals surface area contributed by atoms with Crippen LogP contribution in [0.1, 0.15) is 29.8 Å². The Morgan fingerprint density at radius 3 is 2.45 bits per heavy atom. The fourth-order valence-corrected chi connectivity index (χ4v) is 2.41. The van der Waals surface area contributed by atoms with Crippen molar-refractivity contribution in [3.05, 3.63) is 41.5 Å². The molecule has 0 aromatic heterocycles. The predicted molar refractivity (Wildman–Crippen MR) is 82.0 cm³/mol. The third-order valence-corrected chi connectivity index (χ3v) is 3.23. The van der Waals surface area contributed by atoms with Crippen LogP contribution in [0, 0.1) is 0 Å². The highest BCUT2D eigenvalue weighted by molar-refractivity contribution is 6.02. The molecule has 0 radical (unpaired) electrons. The lowest BCUT2D eigenvalue weighted by Crippen LogP contribution is -2.11. The van der Waals surface area contributed by atoms with Crippen molar-refractivity contribution in [2.75, 3.05) is 13.2 Å². The van der Waals surface area contributed by atoms with Crippen molar-refractivity contribution < 1.29 is 24.2 Å². The minimum atomic E-state index is -0.495. The molecule has 0 aliphatic carbocycles. The van der Waals surface area contributed by atoms with Crippen LogP contribution in [0.25, 0.3) is 10.8 Å². The van der Waals surface area contributed by atoms with E-state index in [0.29, 0.717) is 28.7 Å². The molecule has 5 heteroatoms. The van der Waals surface area contributed by atoms with E-state index in [4.69, 9.17) is 9.47 Å². The number of aliphatic hydroxyl groups excluding tert-OH is 1. The molecule has 0 atom stereocenters. The molecule has 0 amide bonds. The zero-order chi connectivity index (χ0) is 16.1. The van der Waals surface area contributed by atoms with Gasteiger partial charge in [0.2, 0.25) is 0 Å². The van der Waals surface area contributed by atoms with E-state index >= 15 is 0 Å². The number of aliphatic hydroxyl groups is 1. The summed E-state index contributed by atoms with van der Waals surface area (Å²) in [6.45, 7) is 3.18. The summed E-state index contributed by atoms with van der Waals surface area (Å²) < 4.78 is 10.3. The van der Waals surface area contributed by atoms with E-state index < -0.39 is 11.9 Å². The van der Waals surface area contributed by atoms with E-state index in [-0.39, 0.29) is 13.2 Å². The Morgan fingerprint density at radius 1 is 1.18 bits per heavy atom.